The van der Waals surface area contributed by atoms with Crippen LogP contribution in [-0.4, -0.2) is 30.2 Å². The zero-order chi connectivity index (χ0) is 16.2. The van der Waals surface area contributed by atoms with Crippen LogP contribution in [0, 0.1) is 0 Å². The van der Waals surface area contributed by atoms with Gasteiger partial charge in [0.25, 0.3) is 0 Å². The van der Waals surface area contributed by atoms with Crippen LogP contribution in [0.1, 0.15) is 10.4 Å². The zero-order valence-corrected chi connectivity index (χ0v) is 12.7. The molecule has 0 saturated carbocycles. The van der Waals surface area contributed by atoms with E-state index in [-0.39, 0.29) is 5.97 Å². The number of methoxy groups -OCH3 is 2. The minimum absolute atomic E-state index is 0.367. The highest BCUT2D eigenvalue weighted by atomic mass is 16.5. The summed E-state index contributed by atoms with van der Waals surface area (Å²) in [4.78, 5) is 20.0. The second-order valence-electron chi connectivity index (χ2n) is 4.80. The molecule has 6 nitrogen and oxygen atoms in total. The van der Waals surface area contributed by atoms with Gasteiger partial charge in [0.15, 0.2) is 0 Å². The molecule has 3 aromatic rings. The molecule has 23 heavy (non-hydrogen) atoms. The van der Waals surface area contributed by atoms with E-state index < -0.39 is 0 Å². The normalized spacial score (nSPS) is 10.3. The van der Waals surface area contributed by atoms with Crippen molar-refractivity contribution in [1.29, 1.82) is 0 Å². The van der Waals surface area contributed by atoms with Crippen LogP contribution in [0.2, 0.25) is 0 Å². The van der Waals surface area contributed by atoms with Crippen molar-refractivity contribution in [2.24, 2.45) is 0 Å². The monoisotopic (exact) mass is 309 g/mol. The molecule has 0 unspecified atom stereocenters. The molecule has 0 aliphatic carbocycles. The summed E-state index contributed by atoms with van der Waals surface area (Å²) in [5, 5.41) is 4.07. The van der Waals surface area contributed by atoms with Crippen LogP contribution in [0.3, 0.4) is 0 Å². The number of ether oxygens (including phenoxy) is 2. The highest BCUT2D eigenvalue weighted by Gasteiger charge is 2.07. The number of benzene rings is 2. The molecule has 0 spiro atoms. The molecule has 0 fully saturated rings. The van der Waals surface area contributed by atoms with E-state index in [9.17, 15) is 4.79 Å². The van der Waals surface area contributed by atoms with Crippen molar-refractivity contribution in [3.05, 3.63) is 54.4 Å². The van der Waals surface area contributed by atoms with Gasteiger partial charge in [0.1, 0.15) is 17.9 Å². The van der Waals surface area contributed by atoms with Crippen LogP contribution in [-0.2, 0) is 4.74 Å². The van der Waals surface area contributed by atoms with E-state index in [4.69, 9.17) is 4.74 Å². The number of nitrogens with one attached hydrogen (secondary N) is 1. The van der Waals surface area contributed by atoms with Gasteiger partial charge in [0.05, 0.1) is 25.3 Å². The number of rotatable bonds is 4. The Morgan fingerprint density at radius 3 is 2.52 bits per heavy atom. The second kappa shape index (κ2) is 6.31. The van der Waals surface area contributed by atoms with Crippen molar-refractivity contribution in [1.82, 2.24) is 9.97 Å². The van der Waals surface area contributed by atoms with E-state index in [1.165, 1.54) is 13.4 Å². The summed E-state index contributed by atoms with van der Waals surface area (Å²) in [5.41, 5.74) is 2.11. The molecule has 0 bridgehead atoms. The van der Waals surface area contributed by atoms with Gasteiger partial charge in [-0.15, -0.1) is 0 Å². The number of anilines is 2. The van der Waals surface area contributed by atoms with Crippen molar-refractivity contribution in [2.45, 2.75) is 0 Å². The maximum Gasteiger partial charge on any atom is 0.337 e. The molecule has 0 saturated heterocycles. The Bertz CT molecular complexity index is 847. The third-order valence-electron chi connectivity index (χ3n) is 3.41. The Hall–Kier alpha value is -3.15. The van der Waals surface area contributed by atoms with Gasteiger partial charge in [-0.1, -0.05) is 0 Å². The molecule has 1 heterocycles. The largest absolute Gasteiger partial charge is 0.497 e. The molecule has 1 N–H and O–H groups in total. The van der Waals surface area contributed by atoms with Gasteiger partial charge >= 0.3 is 5.97 Å². The number of hydrogen-bond donors (Lipinski definition) is 1. The maximum atomic E-state index is 11.5. The highest BCUT2D eigenvalue weighted by molar-refractivity contribution is 5.92. The van der Waals surface area contributed by atoms with Gasteiger partial charge in [0.2, 0.25) is 0 Å². The van der Waals surface area contributed by atoms with Gasteiger partial charge in [-0.25, -0.2) is 14.8 Å². The number of carbonyl (C=O) groups excluding carboxylic acids is 1. The molecule has 0 amide bonds. The number of fused-ring (bicyclic) bond motifs is 1. The molecular formula is C17H15N3O3. The van der Waals surface area contributed by atoms with Crippen LogP contribution < -0.4 is 10.1 Å². The lowest BCUT2D eigenvalue weighted by atomic mass is 10.2. The fourth-order valence-electron chi connectivity index (χ4n) is 2.21. The molecule has 0 aliphatic heterocycles. The number of carbonyl (C=O) groups is 1. The average molecular weight is 309 g/mol. The standard InChI is InChI=1S/C17H15N3O3/c1-22-13-7-8-15-14(9-13)16(19-10-18-15)20-12-5-3-11(4-6-12)17(21)23-2/h3-10H,1-2H3,(H,18,19,20). The first-order valence-corrected chi connectivity index (χ1v) is 6.95. The van der Waals surface area contributed by atoms with Crippen molar-refractivity contribution in [3.63, 3.8) is 0 Å². The van der Waals surface area contributed by atoms with Crippen molar-refractivity contribution < 1.29 is 14.3 Å². The van der Waals surface area contributed by atoms with E-state index in [2.05, 4.69) is 20.0 Å². The summed E-state index contributed by atoms with van der Waals surface area (Å²) in [7, 11) is 2.97. The van der Waals surface area contributed by atoms with Crippen LogP contribution in [0.15, 0.2) is 48.8 Å². The minimum Gasteiger partial charge on any atom is -0.497 e. The Morgan fingerprint density at radius 1 is 1.04 bits per heavy atom. The van der Waals surface area contributed by atoms with E-state index in [1.807, 2.05) is 18.2 Å². The van der Waals surface area contributed by atoms with Gasteiger partial charge in [0, 0.05) is 11.1 Å². The lowest BCUT2D eigenvalue weighted by molar-refractivity contribution is 0.0601. The predicted molar refractivity (Wildman–Crippen MR) is 87.2 cm³/mol. The van der Waals surface area contributed by atoms with Crippen molar-refractivity contribution >= 4 is 28.4 Å². The maximum absolute atomic E-state index is 11.5. The zero-order valence-electron chi connectivity index (χ0n) is 12.7. The SMILES string of the molecule is COC(=O)c1ccc(Nc2ncnc3ccc(OC)cc23)cc1. The molecular weight excluding hydrogens is 294 g/mol. The van der Waals surface area contributed by atoms with Crippen LogP contribution in [0.25, 0.3) is 10.9 Å². The Morgan fingerprint density at radius 2 is 1.83 bits per heavy atom. The number of aromatic nitrogens is 2. The Kier molecular flexibility index (Phi) is 4.05. The summed E-state index contributed by atoms with van der Waals surface area (Å²) < 4.78 is 9.93. The van der Waals surface area contributed by atoms with Crippen LogP contribution >= 0.6 is 0 Å². The molecule has 6 heteroatoms. The lowest BCUT2D eigenvalue weighted by Crippen LogP contribution is -2.01. The number of hydrogen-bond acceptors (Lipinski definition) is 6. The molecule has 1 aromatic heterocycles. The minimum atomic E-state index is -0.367. The molecule has 3 rings (SSSR count). The average Bonchev–Trinajstić information content (AvgIpc) is 2.61. The first-order chi connectivity index (χ1) is 11.2. The van der Waals surface area contributed by atoms with E-state index in [1.54, 1.807) is 31.4 Å². The van der Waals surface area contributed by atoms with Crippen molar-refractivity contribution in [3.8, 4) is 5.75 Å². The first-order valence-electron chi connectivity index (χ1n) is 6.95. The quantitative estimate of drug-likeness (QED) is 0.746. The highest BCUT2D eigenvalue weighted by Crippen LogP contribution is 2.26. The summed E-state index contributed by atoms with van der Waals surface area (Å²) in [6, 6.07) is 12.6. The van der Waals surface area contributed by atoms with Gasteiger partial charge in [-0.3, -0.25) is 0 Å². The topological polar surface area (TPSA) is 73.3 Å². The first kappa shape index (κ1) is 14.8. The Labute approximate surface area is 133 Å². The van der Waals surface area contributed by atoms with Gasteiger partial charge < -0.3 is 14.8 Å². The second-order valence-corrected chi connectivity index (χ2v) is 4.80. The molecule has 2 aromatic carbocycles. The molecule has 0 radical (unpaired) electrons. The summed E-state index contributed by atoms with van der Waals surface area (Å²) in [5.74, 6) is 1.03. The number of nitrogens with zero attached hydrogens (tertiary/aromatic N) is 2. The van der Waals surface area contributed by atoms with Crippen LogP contribution in [0.4, 0.5) is 11.5 Å². The van der Waals surface area contributed by atoms with E-state index in [0.717, 1.165) is 22.3 Å². The predicted octanol–water partition coefficient (Wildman–Crippen LogP) is 3.17. The molecule has 0 aliphatic rings. The third-order valence-corrected chi connectivity index (χ3v) is 3.41. The lowest BCUT2D eigenvalue weighted by Gasteiger charge is -2.09. The summed E-state index contributed by atoms with van der Waals surface area (Å²) in [6.07, 6.45) is 1.50. The van der Waals surface area contributed by atoms with Crippen LogP contribution in [0.5, 0.6) is 5.75 Å². The van der Waals surface area contributed by atoms with E-state index in [0.29, 0.717) is 11.4 Å². The van der Waals surface area contributed by atoms with Crippen molar-refractivity contribution in [2.75, 3.05) is 19.5 Å². The summed E-state index contributed by atoms with van der Waals surface area (Å²) in [6.45, 7) is 0. The van der Waals surface area contributed by atoms with Gasteiger partial charge in [-0.2, -0.15) is 0 Å². The third kappa shape index (κ3) is 3.06. The van der Waals surface area contributed by atoms with Gasteiger partial charge in [-0.05, 0) is 42.5 Å². The Balaban J connectivity index is 1.93. The fourth-order valence-corrected chi connectivity index (χ4v) is 2.21. The summed E-state index contributed by atoms with van der Waals surface area (Å²) >= 11 is 0. The molecule has 116 valence electrons. The number of esters is 1. The fraction of sp³-hybridized carbons (Fsp3) is 0.118. The smallest absolute Gasteiger partial charge is 0.337 e. The van der Waals surface area contributed by atoms with E-state index >= 15 is 0 Å². The molecule has 0 atom stereocenters.